The van der Waals surface area contributed by atoms with Gasteiger partial charge in [-0.15, -0.1) is 0 Å². The fourth-order valence-electron chi connectivity index (χ4n) is 2.33. The van der Waals surface area contributed by atoms with E-state index >= 15 is 0 Å². The van der Waals surface area contributed by atoms with E-state index in [1.807, 2.05) is 0 Å². The molecule has 98 valence electrons. The summed E-state index contributed by atoms with van der Waals surface area (Å²) >= 11 is 0. The maximum atomic E-state index is 11.1. The lowest BCUT2D eigenvalue weighted by molar-refractivity contribution is 0.0988. The Hall–Kier alpha value is -1.78. The van der Waals surface area contributed by atoms with E-state index < -0.39 is 5.91 Å². The largest absolute Gasteiger partial charge is 0.473 e. The first kappa shape index (κ1) is 12.7. The van der Waals surface area contributed by atoms with Gasteiger partial charge in [-0.3, -0.25) is 4.79 Å². The van der Waals surface area contributed by atoms with Crippen LogP contribution < -0.4 is 16.2 Å². The van der Waals surface area contributed by atoms with Crippen LogP contribution in [0.25, 0.3) is 0 Å². The van der Waals surface area contributed by atoms with E-state index in [1.165, 1.54) is 12.5 Å². The van der Waals surface area contributed by atoms with Gasteiger partial charge in [0.1, 0.15) is 11.8 Å². The summed E-state index contributed by atoms with van der Waals surface area (Å²) in [7, 11) is 0. The van der Waals surface area contributed by atoms with Crippen LogP contribution in [0.2, 0.25) is 0 Å². The second-order valence-electron chi connectivity index (χ2n) is 4.97. The first-order chi connectivity index (χ1) is 8.56. The van der Waals surface area contributed by atoms with Gasteiger partial charge < -0.3 is 16.2 Å². The third-order valence-corrected chi connectivity index (χ3v) is 3.31. The van der Waals surface area contributed by atoms with E-state index in [0.717, 1.165) is 19.3 Å². The first-order valence-corrected chi connectivity index (χ1v) is 6.29. The smallest absolute Gasteiger partial charge is 0.267 e. The summed E-state index contributed by atoms with van der Waals surface area (Å²) in [5, 5.41) is 0. The predicted molar refractivity (Wildman–Crippen MR) is 69.2 cm³/mol. The molecule has 0 radical (unpaired) electrons. The molecule has 0 aromatic carbocycles. The van der Waals surface area contributed by atoms with Gasteiger partial charge in [0.15, 0.2) is 0 Å². The Morgan fingerprint density at radius 3 is 2.89 bits per heavy atom. The lowest BCUT2D eigenvalue weighted by Crippen LogP contribution is -2.25. The van der Waals surface area contributed by atoms with Crippen molar-refractivity contribution in [3.8, 4) is 5.88 Å². The summed E-state index contributed by atoms with van der Waals surface area (Å²) in [5.41, 5.74) is 11.6. The number of anilines is 1. The van der Waals surface area contributed by atoms with E-state index in [-0.39, 0.29) is 11.8 Å². The average molecular weight is 249 g/mol. The van der Waals surface area contributed by atoms with Crippen LogP contribution in [0.1, 0.15) is 43.1 Å². The van der Waals surface area contributed by atoms with Crippen LogP contribution in [0.3, 0.4) is 0 Å². The lowest BCUT2D eigenvalue weighted by Gasteiger charge is -2.27. The number of aromatic nitrogens is 1. The van der Waals surface area contributed by atoms with Gasteiger partial charge in [0.2, 0.25) is 5.88 Å². The van der Waals surface area contributed by atoms with Gasteiger partial charge in [-0.2, -0.15) is 0 Å². The summed E-state index contributed by atoms with van der Waals surface area (Å²) in [4.78, 5) is 15.1. The van der Waals surface area contributed by atoms with Gasteiger partial charge in [-0.05, 0) is 37.3 Å². The van der Waals surface area contributed by atoms with Crippen molar-refractivity contribution in [3.63, 3.8) is 0 Å². The van der Waals surface area contributed by atoms with Gasteiger partial charge >= 0.3 is 0 Å². The van der Waals surface area contributed by atoms with Crippen LogP contribution in [0.15, 0.2) is 12.1 Å². The molecule has 0 aliphatic heterocycles. The highest BCUT2D eigenvalue weighted by Crippen LogP contribution is 2.28. The van der Waals surface area contributed by atoms with E-state index in [0.29, 0.717) is 17.5 Å². The Bertz CT molecular complexity index is 448. The summed E-state index contributed by atoms with van der Waals surface area (Å²) in [5.74, 6) is 0.409. The van der Waals surface area contributed by atoms with Gasteiger partial charge in [0, 0.05) is 0 Å². The Labute approximate surface area is 107 Å². The zero-order chi connectivity index (χ0) is 13.1. The number of hydrogen-bond acceptors (Lipinski definition) is 4. The molecule has 0 saturated heterocycles. The minimum Gasteiger partial charge on any atom is -0.473 e. The molecule has 5 nitrogen and oxygen atoms in total. The van der Waals surface area contributed by atoms with Crippen LogP contribution in [0, 0.1) is 5.92 Å². The van der Waals surface area contributed by atoms with Crippen molar-refractivity contribution in [2.45, 2.75) is 38.7 Å². The molecule has 5 heteroatoms. The van der Waals surface area contributed by atoms with Crippen molar-refractivity contribution in [2.24, 2.45) is 11.7 Å². The molecule has 1 aromatic rings. The summed E-state index contributed by atoms with van der Waals surface area (Å²) in [6, 6.07) is 3.11. The van der Waals surface area contributed by atoms with E-state index in [4.69, 9.17) is 16.2 Å². The molecule has 2 unspecified atom stereocenters. The van der Waals surface area contributed by atoms with Crippen LogP contribution in [0.5, 0.6) is 5.88 Å². The van der Waals surface area contributed by atoms with Crippen molar-refractivity contribution in [3.05, 3.63) is 17.8 Å². The number of nitrogen functional groups attached to an aromatic ring is 1. The molecule has 1 saturated carbocycles. The summed E-state index contributed by atoms with van der Waals surface area (Å²) in [6.45, 7) is 2.21. The second-order valence-corrected chi connectivity index (χ2v) is 4.97. The molecule has 1 aliphatic carbocycles. The normalized spacial score (nSPS) is 23.6. The Balaban J connectivity index is 2.12. The third kappa shape index (κ3) is 2.91. The molecule has 0 bridgehead atoms. The predicted octanol–water partition coefficient (Wildman–Crippen LogP) is 1.72. The van der Waals surface area contributed by atoms with Crippen LogP contribution in [-0.4, -0.2) is 17.0 Å². The number of carbonyl (C=O) groups is 1. The molecular formula is C13H19N3O2. The number of amides is 1. The topological polar surface area (TPSA) is 91.2 Å². The zero-order valence-electron chi connectivity index (χ0n) is 10.6. The Kier molecular flexibility index (Phi) is 3.69. The van der Waals surface area contributed by atoms with Crippen molar-refractivity contribution < 1.29 is 9.53 Å². The fraction of sp³-hybridized carbons (Fsp3) is 0.538. The second kappa shape index (κ2) is 5.25. The summed E-state index contributed by atoms with van der Waals surface area (Å²) in [6.07, 6.45) is 4.53. The van der Waals surface area contributed by atoms with E-state index in [1.54, 1.807) is 6.07 Å². The SMILES string of the molecule is CC1CCCC(Oc2nc(C(N)=O)ccc2N)C1. The standard InChI is InChI=1S/C13H19N3O2/c1-8-3-2-4-9(7-8)18-13-10(14)5-6-11(16-13)12(15)17/h5-6,8-9H,2-4,7,14H2,1H3,(H2,15,17). The Morgan fingerprint density at radius 1 is 1.44 bits per heavy atom. The number of hydrogen-bond donors (Lipinski definition) is 2. The van der Waals surface area contributed by atoms with Crippen LogP contribution in [-0.2, 0) is 0 Å². The highest BCUT2D eigenvalue weighted by atomic mass is 16.5. The maximum absolute atomic E-state index is 11.1. The highest BCUT2D eigenvalue weighted by molar-refractivity contribution is 5.91. The molecule has 1 amide bonds. The highest BCUT2D eigenvalue weighted by Gasteiger charge is 2.21. The molecule has 0 spiro atoms. The first-order valence-electron chi connectivity index (χ1n) is 6.29. The average Bonchev–Trinajstić information content (AvgIpc) is 2.31. The number of primary amides is 1. The van der Waals surface area contributed by atoms with Gasteiger partial charge in [-0.1, -0.05) is 13.3 Å². The maximum Gasteiger partial charge on any atom is 0.267 e. The van der Waals surface area contributed by atoms with Crippen LogP contribution >= 0.6 is 0 Å². The molecule has 1 aromatic heterocycles. The molecule has 1 fully saturated rings. The quantitative estimate of drug-likeness (QED) is 0.853. The van der Waals surface area contributed by atoms with Crippen molar-refractivity contribution >= 4 is 11.6 Å². The van der Waals surface area contributed by atoms with E-state index in [9.17, 15) is 4.79 Å². The molecule has 2 rings (SSSR count). The van der Waals surface area contributed by atoms with Gasteiger partial charge in [0.05, 0.1) is 5.69 Å². The third-order valence-electron chi connectivity index (χ3n) is 3.31. The molecule has 1 heterocycles. The van der Waals surface area contributed by atoms with Gasteiger partial charge in [0.25, 0.3) is 5.91 Å². The van der Waals surface area contributed by atoms with E-state index in [2.05, 4.69) is 11.9 Å². The summed E-state index contributed by atoms with van der Waals surface area (Å²) < 4.78 is 5.80. The number of carbonyl (C=O) groups excluding carboxylic acids is 1. The van der Waals surface area contributed by atoms with Crippen LogP contribution in [0.4, 0.5) is 5.69 Å². The van der Waals surface area contributed by atoms with Crippen molar-refractivity contribution in [2.75, 3.05) is 5.73 Å². The zero-order valence-corrected chi connectivity index (χ0v) is 10.6. The van der Waals surface area contributed by atoms with Crippen molar-refractivity contribution in [1.82, 2.24) is 4.98 Å². The monoisotopic (exact) mass is 249 g/mol. The molecule has 4 N–H and O–H groups in total. The number of nitrogens with zero attached hydrogens (tertiary/aromatic N) is 1. The number of pyridine rings is 1. The molecule has 18 heavy (non-hydrogen) atoms. The Morgan fingerprint density at radius 2 is 2.22 bits per heavy atom. The number of rotatable bonds is 3. The van der Waals surface area contributed by atoms with Gasteiger partial charge in [-0.25, -0.2) is 4.98 Å². The fourth-order valence-corrected chi connectivity index (χ4v) is 2.33. The minimum atomic E-state index is -0.572. The van der Waals surface area contributed by atoms with Crippen molar-refractivity contribution in [1.29, 1.82) is 0 Å². The number of ether oxygens (including phenoxy) is 1. The molecular weight excluding hydrogens is 230 g/mol. The lowest BCUT2D eigenvalue weighted by atomic mass is 9.89. The minimum absolute atomic E-state index is 0.131. The molecule has 1 aliphatic rings. The molecule has 2 atom stereocenters. The number of nitrogens with two attached hydrogens (primary N) is 2.